The molecule has 3 aromatic rings. The quantitative estimate of drug-likeness (QED) is 0.331. The van der Waals surface area contributed by atoms with Gasteiger partial charge in [0.1, 0.15) is 12.0 Å². The monoisotopic (exact) mass is 408 g/mol. The Morgan fingerprint density at radius 3 is 3.00 bits per heavy atom. The number of nitrogens with one attached hydrogen (secondary N) is 3. The lowest BCUT2D eigenvalue weighted by molar-refractivity contribution is -0.128. The Labute approximate surface area is 173 Å². The Bertz CT molecular complexity index is 1060. The maximum absolute atomic E-state index is 11.4. The van der Waals surface area contributed by atoms with Gasteiger partial charge in [0.25, 0.3) is 0 Å². The van der Waals surface area contributed by atoms with E-state index >= 15 is 0 Å². The van der Waals surface area contributed by atoms with Crippen molar-refractivity contribution >= 4 is 22.8 Å². The number of anilines is 1. The van der Waals surface area contributed by atoms with Gasteiger partial charge in [0, 0.05) is 30.7 Å². The number of hydrogen-bond donors (Lipinski definition) is 4. The number of amides is 1. The first-order valence-electron chi connectivity index (χ1n) is 10.1. The zero-order valence-electron chi connectivity index (χ0n) is 16.5. The van der Waals surface area contributed by atoms with Gasteiger partial charge in [0.2, 0.25) is 5.91 Å². The molecule has 0 saturated heterocycles. The van der Waals surface area contributed by atoms with Crippen molar-refractivity contribution in [3.8, 4) is 17.3 Å². The Morgan fingerprint density at radius 1 is 1.40 bits per heavy atom. The van der Waals surface area contributed by atoms with Crippen LogP contribution < -0.4 is 10.8 Å². The highest BCUT2D eigenvalue weighted by molar-refractivity contribution is 5.93. The molecule has 1 atom stereocenters. The highest BCUT2D eigenvalue weighted by Gasteiger charge is 2.28. The zero-order valence-corrected chi connectivity index (χ0v) is 16.5. The molecule has 156 valence electrons. The molecule has 0 aromatic carbocycles. The summed E-state index contributed by atoms with van der Waals surface area (Å²) in [7, 11) is 0. The third kappa shape index (κ3) is 3.97. The molecule has 10 heteroatoms. The number of fused-ring (bicyclic) bond motifs is 1. The number of nitrogens with zero attached hydrogens (tertiary/aromatic N) is 5. The Hall–Kier alpha value is -3.45. The first kappa shape index (κ1) is 19.8. The molecule has 1 fully saturated rings. The number of aromatic nitrogens is 5. The summed E-state index contributed by atoms with van der Waals surface area (Å²) in [6, 6.07) is 4.22. The van der Waals surface area contributed by atoms with Crippen LogP contribution in [0.25, 0.3) is 22.3 Å². The summed E-state index contributed by atoms with van der Waals surface area (Å²) in [6.07, 6.45) is 10.3. The van der Waals surface area contributed by atoms with Crippen LogP contribution in [0.15, 0.2) is 24.8 Å². The molecule has 1 unspecified atom stereocenters. The molecule has 1 aliphatic rings. The molecule has 3 aromatic heterocycles. The fraction of sp³-hybridized carbons (Fsp3) is 0.450. The van der Waals surface area contributed by atoms with Crippen molar-refractivity contribution in [1.29, 1.82) is 5.26 Å². The van der Waals surface area contributed by atoms with Gasteiger partial charge < -0.3 is 10.3 Å². The Morgan fingerprint density at radius 2 is 2.23 bits per heavy atom. The second-order valence-corrected chi connectivity index (χ2v) is 7.52. The van der Waals surface area contributed by atoms with E-state index in [2.05, 4.69) is 26.3 Å². The molecule has 30 heavy (non-hydrogen) atoms. The van der Waals surface area contributed by atoms with Gasteiger partial charge in [-0.2, -0.15) is 10.4 Å². The number of hydrogen-bond acceptors (Lipinski definition) is 7. The third-order valence-electron chi connectivity index (χ3n) is 5.69. The molecule has 1 amide bonds. The lowest BCUT2D eigenvalue weighted by Gasteiger charge is -2.21. The average molecular weight is 408 g/mol. The predicted molar refractivity (Wildman–Crippen MR) is 109 cm³/mol. The summed E-state index contributed by atoms with van der Waals surface area (Å²) >= 11 is 0. The lowest BCUT2D eigenvalue weighted by Crippen LogP contribution is -2.22. The van der Waals surface area contributed by atoms with E-state index < -0.39 is 5.91 Å². The van der Waals surface area contributed by atoms with Crippen LogP contribution in [0.2, 0.25) is 0 Å². The third-order valence-corrected chi connectivity index (χ3v) is 5.69. The number of H-pyrrole nitrogens is 1. The molecule has 0 aliphatic heterocycles. The van der Waals surface area contributed by atoms with Gasteiger partial charge in [-0.3, -0.25) is 14.7 Å². The van der Waals surface area contributed by atoms with Crippen LogP contribution in [0, 0.1) is 17.2 Å². The van der Waals surface area contributed by atoms with Crippen molar-refractivity contribution < 1.29 is 10.0 Å². The molecule has 0 bridgehead atoms. The molecular formula is C20H24N8O2. The van der Waals surface area contributed by atoms with Crippen LogP contribution >= 0.6 is 0 Å². The molecular weight excluding hydrogens is 384 g/mol. The average Bonchev–Trinajstić information content (AvgIpc) is 3.52. The largest absolute Gasteiger partial charge is 0.368 e. The van der Waals surface area contributed by atoms with E-state index in [0.717, 1.165) is 35.1 Å². The van der Waals surface area contributed by atoms with E-state index in [4.69, 9.17) is 10.3 Å². The highest BCUT2D eigenvalue weighted by atomic mass is 16.5. The summed E-state index contributed by atoms with van der Waals surface area (Å²) in [4.78, 5) is 23.2. The van der Waals surface area contributed by atoms with E-state index in [1.807, 2.05) is 23.1 Å². The van der Waals surface area contributed by atoms with E-state index in [1.54, 1.807) is 5.48 Å². The van der Waals surface area contributed by atoms with Crippen molar-refractivity contribution in [1.82, 2.24) is 30.2 Å². The van der Waals surface area contributed by atoms with E-state index in [1.165, 1.54) is 19.2 Å². The molecule has 10 nitrogen and oxygen atoms in total. The maximum Gasteiger partial charge on any atom is 0.245 e. The van der Waals surface area contributed by atoms with Gasteiger partial charge in [-0.05, 0) is 24.8 Å². The van der Waals surface area contributed by atoms with Gasteiger partial charge in [-0.15, -0.1) is 0 Å². The summed E-state index contributed by atoms with van der Waals surface area (Å²) in [5.74, 6) is 0.526. The van der Waals surface area contributed by atoms with Crippen LogP contribution in [-0.4, -0.2) is 42.4 Å². The number of carbonyl (C=O) groups excluding carboxylic acids is 1. The first-order chi connectivity index (χ1) is 14.7. The van der Waals surface area contributed by atoms with E-state index in [9.17, 15) is 10.1 Å². The van der Waals surface area contributed by atoms with Gasteiger partial charge in [0.05, 0.1) is 29.8 Å². The molecule has 1 saturated carbocycles. The molecule has 0 spiro atoms. The van der Waals surface area contributed by atoms with Gasteiger partial charge in [0.15, 0.2) is 5.82 Å². The van der Waals surface area contributed by atoms with Crippen molar-refractivity contribution in [3.05, 3.63) is 24.8 Å². The van der Waals surface area contributed by atoms with Crippen molar-refractivity contribution in [2.24, 2.45) is 5.92 Å². The smallest absolute Gasteiger partial charge is 0.245 e. The number of carbonyl (C=O) groups is 1. The number of nitriles is 1. The second-order valence-electron chi connectivity index (χ2n) is 7.52. The molecule has 0 radical (unpaired) electrons. The van der Waals surface area contributed by atoms with Crippen molar-refractivity contribution in [2.75, 3.05) is 11.9 Å². The predicted octanol–water partition coefficient (Wildman–Crippen LogP) is 2.77. The summed E-state index contributed by atoms with van der Waals surface area (Å²) in [5.41, 5.74) is 3.87. The Balaban J connectivity index is 1.72. The second kappa shape index (κ2) is 8.92. The standard InChI is InChI=1S/C20H24N8O2/c21-8-5-16(13-3-1-2-4-13)28-11-15(20(26-28)23-10-7-17(29)27-30)18-14-6-9-22-19(14)25-12-24-18/h6,9,11-13,16,30H,1-5,7,10H2,(H,23,26)(H,27,29)(H,22,24,25). The summed E-state index contributed by atoms with van der Waals surface area (Å²) in [5, 5.41) is 26.9. The van der Waals surface area contributed by atoms with E-state index in [0.29, 0.717) is 24.7 Å². The number of rotatable bonds is 8. The molecule has 4 rings (SSSR count). The van der Waals surface area contributed by atoms with Crippen LogP contribution in [0.5, 0.6) is 0 Å². The first-order valence-corrected chi connectivity index (χ1v) is 10.1. The minimum absolute atomic E-state index is 0.00362. The molecule has 3 heterocycles. The van der Waals surface area contributed by atoms with Crippen LogP contribution in [0.3, 0.4) is 0 Å². The topological polar surface area (TPSA) is 145 Å². The fourth-order valence-electron chi connectivity index (χ4n) is 4.21. The van der Waals surface area contributed by atoms with Crippen molar-refractivity contribution in [3.63, 3.8) is 0 Å². The van der Waals surface area contributed by atoms with Gasteiger partial charge in [-0.1, -0.05) is 12.8 Å². The Kier molecular flexibility index (Phi) is 5.90. The van der Waals surface area contributed by atoms with Gasteiger partial charge >= 0.3 is 0 Å². The summed E-state index contributed by atoms with van der Waals surface area (Å²) < 4.78 is 1.88. The molecule has 4 N–H and O–H groups in total. The van der Waals surface area contributed by atoms with Crippen molar-refractivity contribution in [2.45, 2.75) is 44.6 Å². The van der Waals surface area contributed by atoms with Crippen LogP contribution in [0.4, 0.5) is 5.82 Å². The number of aromatic amines is 1. The number of hydroxylamine groups is 1. The minimum Gasteiger partial charge on any atom is -0.368 e. The maximum atomic E-state index is 11.4. The fourth-order valence-corrected chi connectivity index (χ4v) is 4.21. The van der Waals surface area contributed by atoms with E-state index in [-0.39, 0.29) is 12.5 Å². The minimum atomic E-state index is -0.480. The SMILES string of the molecule is N#CCC(C1CCCC1)n1cc(-c2ncnc3[nH]ccc23)c(NCCC(=O)NO)n1. The normalized spacial score (nSPS) is 15.2. The zero-order chi connectivity index (χ0) is 20.9. The highest BCUT2D eigenvalue weighted by Crippen LogP contribution is 2.38. The summed E-state index contributed by atoms with van der Waals surface area (Å²) in [6.45, 7) is 0.296. The molecule has 1 aliphatic carbocycles. The lowest BCUT2D eigenvalue weighted by atomic mass is 9.96. The van der Waals surface area contributed by atoms with Crippen LogP contribution in [0.1, 0.15) is 44.6 Å². The van der Waals surface area contributed by atoms with Crippen LogP contribution in [-0.2, 0) is 4.79 Å². The van der Waals surface area contributed by atoms with Gasteiger partial charge in [-0.25, -0.2) is 15.4 Å².